The molecule has 1 aromatic carbocycles. The average molecular weight is 248 g/mol. The molecule has 0 saturated carbocycles. The molecule has 5 heteroatoms. The fourth-order valence-corrected chi connectivity index (χ4v) is 2.34. The van der Waals surface area contributed by atoms with Gasteiger partial charge >= 0.3 is 5.97 Å². The van der Waals surface area contributed by atoms with Crippen LogP contribution in [0.3, 0.4) is 0 Å². The number of hydrogen-bond acceptors (Lipinski definition) is 3. The molecule has 1 aromatic rings. The second-order valence-corrected chi connectivity index (χ2v) is 4.43. The van der Waals surface area contributed by atoms with Gasteiger partial charge in [0.1, 0.15) is 11.9 Å². The zero-order valence-electron chi connectivity index (χ0n) is 9.77. The number of carboxylic acid groups (broad SMARTS) is 1. The molecule has 4 nitrogen and oxygen atoms in total. The summed E-state index contributed by atoms with van der Waals surface area (Å²) in [5.74, 6) is -1.31. The number of halogens is 1. The van der Waals surface area contributed by atoms with Gasteiger partial charge in [-0.2, -0.15) is 5.26 Å². The molecular weight excluding hydrogens is 235 g/mol. The van der Waals surface area contributed by atoms with Crippen LogP contribution < -0.4 is 0 Å². The van der Waals surface area contributed by atoms with Gasteiger partial charge in [0.15, 0.2) is 0 Å². The number of aliphatic carboxylic acids is 1. The molecule has 0 bridgehead atoms. The molecule has 1 N–H and O–H groups in total. The lowest BCUT2D eigenvalue weighted by atomic mass is 10.1. The van der Waals surface area contributed by atoms with Crippen molar-refractivity contribution >= 4 is 5.97 Å². The summed E-state index contributed by atoms with van der Waals surface area (Å²) in [4.78, 5) is 12.8. The van der Waals surface area contributed by atoms with Crippen LogP contribution >= 0.6 is 0 Å². The molecule has 1 saturated heterocycles. The fraction of sp³-hybridized carbons (Fsp3) is 0.385. The number of rotatable bonds is 3. The Bertz CT molecular complexity index is 510. The third-order valence-electron chi connectivity index (χ3n) is 3.12. The summed E-state index contributed by atoms with van der Waals surface area (Å²) in [7, 11) is 0. The van der Waals surface area contributed by atoms with E-state index >= 15 is 0 Å². The van der Waals surface area contributed by atoms with Gasteiger partial charge in [0.2, 0.25) is 0 Å². The highest BCUT2D eigenvalue weighted by molar-refractivity contribution is 5.73. The molecule has 0 aliphatic carbocycles. The normalized spacial score (nSPS) is 19.7. The Labute approximate surface area is 104 Å². The van der Waals surface area contributed by atoms with E-state index in [0.29, 0.717) is 25.1 Å². The molecule has 2 rings (SSSR count). The highest BCUT2D eigenvalue weighted by Gasteiger charge is 2.30. The number of benzene rings is 1. The Balaban J connectivity index is 2.16. The van der Waals surface area contributed by atoms with E-state index in [-0.39, 0.29) is 5.56 Å². The summed E-state index contributed by atoms with van der Waals surface area (Å²) in [6.07, 6.45) is 1.45. The van der Waals surface area contributed by atoms with Crippen LogP contribution in [0.1, 0.15) is 24.0 Å². The molecule has 1 fully saturated rings. The number of nitriles is 1. The summed E-state index contributed by atoms with van der Waals surface area (Å²) >= 11 is 0. The van der Waals surface area contributed by atoms with Crippen molar-refractivity contribution in [1.82, 2.24) is 4.90 Å². The second kappa shape index (κ2) is 5.15. The lowest BCUT2D eigenvalue weighted by molar-refractivity contribution is -0.142. The first kappa shape index (κ1) is 12.5. The predicted molar refractivity (Wildman–Crippen MR) is 62.2 cm³/mol. The average Bonchev–Trinajstić information content (AvgIpc) is 2.76. The molecule has 18 heavy (non-hydrogen) atoms. The Kier molecular flexibility index (Phi) is 3.58. The quantitative estimate of drug-likeness (QED) is 0.885. The first-order valence-electron chi connectivity index (χ1n) is 5.76. The van der Waals surface area contributed by atoms with Crippen LogP contribution in [-0.4, -0.2) is 28.6 Å². The topological polar surface area (TPSA) is 64.3 Å². The van der Waals surface area contributed by atoms with Gasteiger partial charge in [-0.3, -0.25) is 9.69 Å². The summed E-state index contributed by atoms with van der Waals surface area (Å²) in [5.41, 5.74) is 0.899. The monoisotopic (exact) mass is 248 g/mol. The maximum absolute atomic E-state index is 13.3. The van der Waals surface area contributed by atoms with Gasteiger partial charge in [-0.15, -0.1) is 0 Å². The van der Waals surface area contributed by atoms with Crippen LogP contribution in [0, 0.1) is 17.1 Å². The minimum Gasteiger partial charge on any atom is -0.480 e. The van der Waals surface area contributed by atoms with Crippen molar-refractivity contribution in [2.45, 2.75) is 25.4 Å². The smallest absolute Gasteiger partial charge is 0.320 e. The maximum atomic E-state index is 13.3. The van der Waals surface area contributed by atoms with Gasteiger partial charge in [0.05, 0.1) is 11.6 Å². The molecular formula is C13H13FN2O2. The first-order chi connectivity index (χ1) is 8.60. The van der Waals surface area contributed by atoms with Crippen molar-refractivity contribution in [2.75, 3.05) is 6.54 Å². The third-order valence-corrected chi connectivity index (χ3v) is 3.12. The van der Waals surface area contributed by atoms with E-state index in [1.165, 1.54) is 12.1 Å². The van der Waals surface area contributed by atoms with Crippen molar-refractivity contribution < 1.29 is 14.3 Å². The molecule has 94 valence electrons. The lowest BCUT2D eigenvalue weighted by Crippen LogP contribution is -2.35. The Morgan fingerprint density at radius 3 is 3.00 bits per heavy atom. The molecule has 0 amide bonds. The van der Waals surface area contributed by atoms with E-state index in [1.807, 2.05) is 6.07 Å². The second-order valence-electron chi connectivity index (χ2n) is 4.43. The van der Waals surface area contributed by atoms with Crippen molar-refractivity contribution in [3.63, 3.8) is 0 Å². The van der Waals surface area contributed by atoms with Crippen molar-refractivity contribution in [2.24, 2.45) is 0 Å². The summed E-state index contributed by atoms with van der Waals surface area (Å²) in [6, 6.07) is 5.50. The first-order valence-corrected chi connectivity index (χ1v) is 5.76. The highest BCUT2D eigenvalue weighted by atomic mass is 19.1. The number of nitrogens with zero attached hydrogens (tertiary/aromatic N) is 2. The Morgan fingerprint density at radius 2 is 2.33 bits per heavy atom. The fourth-order valence-electron chi connectivity index (χ4n) is 2.34. The van der Waals surface area contributed by atoms with E-state index in [1.54, 1.807) is 11.0 Å². The highest BCUT2D eigenvalue weighted by Crippen LogP contribution is 2.21. The zero-order chi connectivity index (χ0) is 13.1. The van der Waals surface area contributed by atoms with Gasteiger partial charge in [0.25, 0.3) is 0 Å². The minimum atomic E-state index is -0.843. The van der Waals surface area contributed by atoms with Gasteiger partial charge in [0, 0.05) is 6.54 Å². The largest absolute Gasteiger partial charge is 0.480 e. The van der Waals surface area contributed by atoms with Crippen LogP contribution in [0.5, 0.6) is 0 Å². The van der Waals surface area contributed by atoms with Crippen LogP contribution in [0.25, 0.3) is 0 Å². The molecule has 0 spiro atoms. The van der Waals surface area contributed by atoms with E-state index < -0.39 is 17.8 Å². The molecule has 1 aliphatic heterocycles. The molecule has 1 unspecified atom stereocenters. The third kappa shape index (κ3) is 2.66. The van der Waals surface area contributed by atoms with Crippen molar-refractivity contribution in [1.29, 1.82) is 5.26 Å². The Hall–Kier alpha value is -1.93. The summed E-state index contributed by atoms with van der Waals surface area (Å²) in [5, 5.41) is 17.8. The van der Waals surface area contributed by atoms with Crippen LogP contribution in [0.15, 0.2) is 18.2 Å². The molecule has 0 aromatic heterocycles. The van der Waals surface area contributed by atoms with Crippen LogP contribution in [-0.2, 0) is 11.3 Å². The van der Waals surface area contributed by atoms with Gasteiger partial charge in [-0.25, -0.2) is 4.39 Å². The lowest BCUT2D eigenvalue weighted by Gasteiger charge is -2.21. The molecule has 1 aliphatic rings. The molecule has 0 radical (unpaired) electrons. The SMILES string of the molecule is N#Cc1cc(F)cc(CN2CCCC2C(=O)O)c1. The van der Waals surface area contributed by atoms with E-state index in [4.69, 9.17) is 10.4 Å². The van der Waals surface area contributed by atoms with Crippen molar-refractivity contribution in [3.05, 3.63) is 35.1 Å². The van der Waals surface area contributed by atoms with Gasteiger partial charge < -0.3 is 5.11 Å². The number of carbonyl (C=O) groups is 1. The van der Waals surface area contributed by atoms with Crippen molar-refractivity contribution in [3.8, 4) is 6.07 Å². The molecule has 1 heterocycles. The van der Waals surface area contributed by atoms with Crippen LogP contribution in [0.4, 0.5) is 4.39 Å². The predicted octanol–water partition coefficient (Wildman–Crippen LogP) is 1.75. The number of hydrogen-bond donors (Lipinski definition) is 1. The standard InChI is InChI=1S/C13H13FN2O2/c14-11-5-9(7-15)4-10(6-11)8-16-3-1-2-12(16)13(17)18/h4-6,12H,1-3,8H2,(H,17,18). The number of carboxylic acids is 1. The summed E-state index contributed by atoms with van der Waals surface area (Å²) in [6.45, 7) is 1.05. The summed E-state index contributed by atoms with van der Waals surface area (Å²) < 4.78 is 13.3. The number of likely N-dealkylation sites (tertiary alicyclic amines) is 1. The minimum absolute atomic E-state index is 0.260. The Morgan fingerprint density at radius 1 is 1.56 bits per heavy atom. The zero-order valence-corrected chi connectivity index (χ0v) is 9.77. The van der Waals surface area contributed by atoms with Gasteiger partial charge in [-0.1, -0.05) is 0 Å². The van der Waals surface area contributed by atoms with E-state index in [9.17, 15) is 9.18 Å². The van der Waals surface area contributed by atoms with E-state index in [0.717, 1.165) is 6.42 Å². The van der Waals surface area contributed by atoms with Gasteiger partial charge in [-0.05, 0) is 43.1 Å². The van der Waals surface area contributed by atoms with Crippen LogP contribution in [0.2, 0.25) is 0 Å². The molecule has 1 atom stereocenters. The maximum Gasteiger partial charge on any atom is 0.320 e. The van der Waals surface area contributed by atoms with E-state index in [2.05, 4.69) is 0 Å².